The van der Waals surface area contributed by atoms with Crippen molar-refractivity contribution in [2.45, 2.75) is 20.5 Å². The third-order valence-corrected chi connectivity index (χ3v) is 3.40. The van der Waals surface area contributed by atoms with Crippen LogP contribution in [0.4, 0.5) is 17.1 Å². The molecule has 0 atom stereocenters. The molecule has 0 spiro atoms. The number of rotatable bonds is 5. The number of nitro groups is 1. The summed E-state index contributed by atoms with van der Waals surface area (Å²) in [5.74, 6) is 0. The van der Waals surface area contributed by atoms with Crippen LogP contribution in [0.2, 0.25) is 0 Å². The van der Waals surface area contributed by atoms with E-state index in [9.17, 15) is 15.2 Å². The molecule has 5 nitrogen and oxygen atoms in total. The Morgan fingerprint density at radius 3 is 2.38 bits per heavy atom. The van der Waals surface area contributed by atoms with Gasteiger partial charge in [-0.3, -0.25) is 10.1 Å². The van der Waals surface area contributed by atoms with Crippen LogP contribution in [0.5, 0.6) is 0 Å². The van der Waals surface area contributed by atoms with E-state index in [0.29, 0.717) is 12.1 Å². The zero-order chi connectivity index (χ0) is 15.4. The Morgan fingerprint density at radius 1 is 1.19 bits per heavy atom. The highest BCUT2D eigenvalue weighted by Gasteiger charge is 2.15. The fraction of sp³-hybridized carbons (Fsp3) is 0.250. The molecule has 0 aliphatic heterocycles. The predicted octanol–water partition coefficient (Wildman–Crippen LogP) is 3.55. The van der Waals surface area contributed by atoms with Crippen LogP contribution >= 0.6 is 0 Å². The van der Waals surface area contributed by atoms with E-state index in [-0.39, 0.29) is 12.3 Å². The zero-order valence-corrected chi connectivity index (χ0v) is 12.1. The van der Waals surface area contributed by atoms with Gasteiger partial charge in [0, 0.05) is 35.6 Å². The molecule has 0 saturated heterocycles. The van der Waals surface area contributed by atoms with Gasteiger partial charge in [0.25, 0.3) is 5.69 Å². The van der Waals surface area contributed by atoms with Crippen molar-refractivity contribution in [3.8, 4) is 0 Å². The van der Waals surface area contributed by atoms with E-state index in [1.807, 2.05) is 43.0 Å². The first-order chi connectivity index (χ1) is 10.1. The van der Waals surface area contributed by atoms with Gasteiger partial charge in [-0.25, -0.2) is 0 Å². The molecule has 2 rings (SSSR count). The maximum atomic E-state index is 10.8. The Bertz CT molecular complexity index is 638. The van der Waals surface area contributed by atoms with E-state index in [4.69, 9.17) is 0 Å². The number of aryl methyl sites for hydroxylation is 1. The molecule has 2 aromatic carbocycles. The number of benzene rings is 2. The van der Waals surface area contributed by atoms with Gasteiger partial charge in [-0.15, -0.1) is 0 Å². The third-order valence-electron chi connectivity index (χ3n) is 3.40. The maximum Gasteiger partial charge on any atom is 0.269 e. The molecule has 0 bridgehead atoms. The standard InChI is InChI=1S/C16H18N2O3/c1-3-17(14-6-4-12(2)5-7-14)16-9-8-15(18(20)21)10-13(16)11-19/h4-10,19H,3,11H2,1-2H3. The largest absolute Gasteiger partial charge is 0.392 e. The summed E-state index contributed by atoms with van der Waals surface area (Å²) in [6.07, 6.45) is 0. The molecule has 0 fully saturated rings. The number of aliphatic hydroxyl groups excluding tert-OH is 1. The SMILES string of the molecule is CCN(c1ccc(C)cc1)c1ccc([N+](=O)[O-])cc1CO. The first kappa shape index (κ1) is 15.0. The van der Waals surface area contributed by atoms with Crippen molar-refractivity contribution in [1.82, 2.24) is 0 Å². The minimum absolute atomic E-state index is 0.0113. The van der Waals surface area contributed by atoms with Crippen LogP contribution in [0.25, 0.3) is 0 Å². The van der Waals surface area contributed by atoms with Crippen molar-refractivity contribution in [3.05, 3.63) is 63.7 Å². The topological polar surface area (TPSA) is 66.6 Å². The lowest BCUT2D eigenvalue weighted by Gasteiger charge is -2.25. The molecule has 110 valence electrons. The molecule has 0 aromatic heterocycles. The monoisotopic (exact) mass is 286 g/mol. The third kappa shape index (κ3) is 3.20. The average Bonchev–Trinajstić information content (AvgIpc) is 2.50. The minimum atomic E-state index is -0.453. The number of anilines is 2. The molecule has 0 saturated carbocycles. The first-order valence-electron chi connectivity index (χ1n) is 6.79. The van der Waals surface area contributed by atoms with Crippen molar-refractivity contribution >= 4 is 17.1 Å². The molecule has 0 radical (unpaired) electrons. The minimum Gasteiger partial charge on any atom is -0.392 e. The van der Waals surface area contributed by atoms with Gasteiger partial charge in [0.05, 0.1) is 11.5 Å². The van der Waals surface area contributed by atoms with Gasteiger partial charge < -0.3 is 10.0 Å². The van der Waals surface area contributed by atoms with Crippen molar-refractivity contribution in [1.29, 1.82) is 0 Å². The molecule has 2 aromatic rings. The molecular weight excluding hydrogens is 268 g/mol. The van der Waals surface area contributed by atoms with Crippen LogP contribution in [0.1, 0.15) is 18.1 Å². The van der Waals surface area contributed by atoms with Crippen LogP contribution in [-0.4, -0.2) is 16.6 Å². The second kappa shape index (κ2) is 6.37. The molecule has 0 aliphatic rings. The van der Waals surface area contributed by atoms with Gasteiger partial charge in [0.1, 0.15) is 0 Å². The number of non-ortho nitro benzene ring substituents is 1. The van der Waals surface area contributed by atoms with Gasteiger partial charge in [-0.2, -0.15) is 0 Å². The molecular formula is C16H18N2O3. The van der Waals surface area contributed by atoms with Crippen molar-refractivity contribution < 1.29 is 10.0 Å². The van der Waals surface area contributed by atoms with Crippen molar-refractivity contribution in [3.63, 3.8) is 0 Å². The lowest BCUT2D eigenvalue weighted by Crippen LogP contribution is -2.17. The molecule has 1 N–H and O–H groups in total. The lowest BCUT2D eigenvalue weighted by atomic mass is 10.1. The number of aliphatic hydroxyl groups is 1. The second-order valence-electron chi connectivity index (χ2n) is 4.81. The highest BCUT2D eigenvalue weighted by Crippen LogP contribution is 2.31. The van der Waals surface area contributed by atoms with Gasteiger partial charge in [0.2, 0.25) is 0 Å². The van der Waals surface area contributed by atoms with E-state index < -0.39 is 4.92 Å². The smallest absolute Gasteiger partial charge is 0.269 e. The van der Waals surface area contributed by atoms with Gasteiger partial charge in [-0.05, 0) is 32.0 Å². The van der Waals surface area contributed by atoms with E-state index in [2.05, 4.69) is 0 Å². The fourth-order valence-corrected chi connectivity index (χ4v) is 2.29. The van der Waals surface area contributed by atoms with Crippen LogP contribution in [0.15, 0.2) is 42.5 Å². The first-order valence-corrected chi connectivity index (χ1v) is 6.79. The summed E-state index contributed by atoms with van der Waals surface area (Å²) in [6, 6.07) is 12.6. The second-order valence-corrected chi connectivity index (χ2v) is 4.81. The Kier molecular flexibility index (Phi) is 4.55. The average molecular weight is 286 g/mol. The van der Waals surface area contributed by atoms with Gasteiger partial charge in [0.15, 0.2) is 0 Å². The van der Waals surface area contributed by atoms with Gasteiger partial charge >= 0.3 is 0 Å². The molecule has 0 unspecified atom stereocenters. The summed E-state index contributed by atoms with van der Waals surface area (Å²) < 4.78 is 0. The summed E-state index contributed by atoms with van der Waals surface area (Å²) in [7, 11) is 0. The van der Waals surface area contributed by atoms with Gasteiger partial charge in [-0.1, -0.05) is 17.7 Å². The summed E-state index contributed by atoms with van der Waals surface area (Å²) in [5, 5.41) is 20.3. The Labute approximate surface area is 123 Å². The Morgan fingerprint density at radius 2 is 1.86 bits per heavy atom. The van der Waals surface area contributed by atoms with E-state index in [0.717, 1.165) is 11.4 Å². The Hall–Kier alpha value is -2.40. The zero-order valence-electron chi connectivity index (χ0n) is 12.1. The van der Waals surface area contributed by atoms with Crippen molar-refractivity contribution in [2.75, 3.05) is 11.4 Å². The number of nitro benzene ring substituents is 1. The van der Waals surface area contributed by atoms with E-state index in [1.54, 1.807) is 6.07 Å². The Balaban J connectivity index is 2.46. The number of hydrogen-bond donors (Lipinski definition) is 1. The highest BCUT2D eigenvalue weighted by atomic mass is 16.6. The quantitative estimate of drug-likeness (QED) is 0.674. The van der Waals surface area contributed by atoms with E-state index in [1.165, 1.54) is 17.7 Å². The molecule has 21 heavy (non-hydrogen) atoms. The highest BCUT2D eigenvalue weighted by molar-refractivity contribution is 5.68. The predicted molar refractivity (Wildman–Crippen MR) is 82.9 cm³/mol. The number of hydrogen-bond acceptors (Lipinski definition) is 4. The van der Waals surface area contributed by atoms with Crippen molar-refractivity contribution in [2.24, 2.45) is 0 Å². The summed E-state index contributed by atoms with van der Waals surface area (Å²) in [6.45, 7) is 4.49. The normalized spacial score (nSPS) is 10.4. The van der Waals surface area contributed by atoms with Crippen LogP contribution in [0, 0.1) is 17.0 Å². The molecule has 0 heterocycles. The lowest BCUT2D eigenvalue weighted by molar-refractivity contribution is -0.384. The molecule has 0 amide bonds. The van der Waals surface area contributed by atoms with Crippen LogP contribution < -0.4 is 4.90 Å². The van der Waals surface area contributed by atoms with Crippen LogP contribution in [0.3, 0.4) is 0 Å². The molecule has 5 heteroatoms. The van der Waals surface area contributed by atoms with E-state index >= 15 is 0 Å². The summed E-state index contributed by atoms with van der Waals surface area (Å²) >= 11 is 0. The van der Waals surface area contributed by atoms with Crippen LogP contribution in [-0.2, 0) is 6.61 Å². The molecule has 0 aliphatic carbocycles. The fourth-order valence-electron chi connectivity index (χ4n) is 2.29. The number of nitrogens with zero attached hydrogens (tertiary/aromatic N) is 2. The summed E-state index contributed by atoms with van der Waals surface area (Å²) in [5.41, 5.74) is 3.48. The summed E-state index contributed by atoms with van der Waals surface area (Å²) in [4.78, 5) is 12.4. The maximum absolute atomic E-state index is 10.8.